The Labute approximate surface area is 209 Å². The van der Waals surface area contributed by atoms with Gasteiger partial charge < -0.3 is 24.4 Å². The summed E-state index contributed by atoms with van der Waals surface area (Å²) < 4.78 is 37.5. The van der Waals surface area contributed by atoms with Gasteiger partial charge in [-0.25, -0.2) is 4.39 Å². The molecule has 0 bridgehead atoms. The van der Waals surface area contributed by atoms with Crippen LogP contribution in [0.4, 0.5) is 4.39 Å². The molecule has 36 heavy (non-hydrogen) atoms. The Balaban J connectivity index is 1.58. The first kappa shape index (κ1) is 25.4. The third kappa shape index (κ3) is 5.75. The lowest BCUT2D eigenvalue weighted by molar-refractivity contribution is -0.149. The molecule has 1 unspecified atom stereocenters. The summed E-state index contributed by atoms with van der Waals surface area (Å²) in [6.45, 7) is 4.08. The molecule has 0 radical (unpaired) electrons. The van der Waals surface area contributed by atoms with Gasteiger partial charge in [0.15, 0.2) is 0 Å². The van der Waals surface area contributed by atoms with Gasteiger partial charge in [0.05, 0.1) is 19.3 Å². The molecule has 4 rings (SSSR count). The van der Waals surface area contributed by atoms with E-state index in [-0.39, 0.29) is 30.9 Å². The van der Waals surface area contributed by atoms with E-state index in [1.807, 2.05) is 42.5 Å². The number of rotatable bonds is 10. The van der Waals surface area contributed by atoms with Crippen molar-refractivity contribution in [2.75, 3.05) is 13.7 Å². The van der Waals surface area contributed by atoms with Crippen molar-refractivity contribution in [1.82, 2.24) is 0 Å². The van der Waals surface area contributed by atoms with Crippen LogP contribution in [0.2, 0.25) is 0 Å². The van der Waals surface area contributed by atoms with Crippen molar-refractivity contribution >= 4 is 16.9 Å². The van der Waals surface area contributed by atoms with Crippen LogP contribution >= 0.6 is 0 Å². The Hall–Kier alpha value is -3.68. The van der Waals surface area contributed by atoms with Gasteiger partial charge in [-0.05, 0) is 43.7 Å². The largest absolute Gasteiger partial charge is 0.489 e. The van der Waals surface area contributed by atoms with Gasteiger partial charge >= 0.3 is 5.97 Å². The maximum absolute atomic E-state index is 15.3. The van der Waals surface area contributed by atoms with Gasteiger partial charge in [0, 0.05) is 40.8 Å². The number of esters is 1. The lowest BCUT2D eigenvalue weighted by atomic mass is 9.96. The topological polar surface area (TPSA) is 83.9 Å². The van der Waals surface area contributed by atoms with Crippen LogP contribution < -0.4 is 10.5 Å². The molecule has 0 spiro atoms. The van der Waals surface area contributed by atoms with Crippen LogP contribution in [-0.4, -0.2) is 25.8 Å². The summed E-state index contributed by atoms with van der Waals surface area (Å²) in [4.78, 5) is 12.4. The molecule has 6 nitrogen and oxygen atoms in total. The third-order valence-electron chi connectivity index (χ3n) is 5.86. The molecule has 0 aliphatic carbocycles. The van der Waals surface area contributed by atoms with Crippen LogP contribution in [0.3, 0.4) is 0 Å². The highest BCUT2D eigenvalue weighted by atomic mass is 19.1. The molecule has 0 aliphatic rings. The van der Waals surface area contributed by atoms with Crippen LogP contribution in [0, 0.1) is 5.82 Å². The average Bonchev–Trinajstić information content (AvgIpc) is 3.32. The maximum Gasteiger partial charge on any atom is 0.310 e. The van der Waals surface area contributed by atoms with E-state index in [0.29, 0.717) is 40.2 Å². The first-order valence-electron chi connectivity index (χ1n) is 11.8. The summed E-state index contributed by atoms with van der Waals surface area (Å²) in [6, 6.07) is 17.7. The Morgan fingerprint density at radius 1 is 1.06 bits per heavy atom. The molecule has 3 aromatic carbocycles. The van der Waals surface area contributed by atoms with Crippen molar-refractivity contribution in [3.8, 4) is 16.9 Å². The molecule has 0 aliphatic heterocycles. The minimum Gasteiger partial charge on any atom is -0.489 e. The average molecular weight is 492 g/mol. The summed E-state index contributed by atoms with van der Waals surface area (Å²) in [5.74, 6) is -0.148. The SMILES string of the molecule is COCC(C)OC(=O)Cc1ccccc1OCc1cc(-c2cccc([C@H](C)N)c2F)c2occc2c1. The fourth-order valence-corrected chi connectivity index (χ4v) is 4.18. The Kier molecular flexibility index (Phi) is 8.03. The Morgan fingerprint density at radius 2 is 1.86 bits per heavy atom. The van der Waals surface area contributed by atoms with Crippen LogP contribution in [0.1, 0.15) is 36.6 Å². The number of furan rings is 1. The van der Waals surface area contributed by atoms with Crippen LogP contribution in [0.5, 0.6) is 5.75 Å². The second kappa shape index (κ2) is 11.4. The molecule has 0 fully saturated rings. The number of ether oxygens (including phenoxy) is 3. The zero-order chi connectivity index (χ0) is 25.7. The van der Waals surface area contributed by atoms with E-state index in [2.05, 4.69) is 0 Å². The fourth-order valence-electron chi connectivity index (χ4n) is 4.18. The van der Waals surface area contributed by atoms with Crippen molar-refractivity contribution in [3.63, 3.8) is 0 Å². The summed E-state index contributed by atoms with van der Waals surface area (Å²) >= 11 is 0. The minimum absolute atomic E-state index is 0.0749. The van der Waals surface area contributed by atoms with Crippen molar-refractivity contribution in [1.29, 1.82) is 0 Å². The highest BCUT2D eigenvalue weighted by molar-refractivity contribution is 5.93. The standard InChI is InChI=1S/C29H30FNO5/c1-18(16-33-3)36-27(32)15-21-7-4-5-10-26(21)35-17-20-13-22-11-12-34-29(22)25(14-20)24-9-6-8-23(19(2)31)28(24)30/h4-14,18-19H,15-17,31H2,1-3H3/t18?,19-/m0/s1. The molecule has 188 valence electrons. The molecule has 4 aromatic rings. The van der Waals surface area contributed by atoms with Crippen molar-refractivity contribution in [2.24, 2.45) is 5.73 Å². The van der Waals surface area contributed by atoms with Gasteiger partial charge in [-0.3, -0.25) is 4.79 Å². The number of para-hydroxylation sites is 1. The van der Waals surface area contributed by atoms with Gasteiger partial charge in [-0.2, -0.15) is 0 Å². The second-order valence-corrected chi connectivity index (χ2v) is 8.81. The number of nitrogens with two attached hydrogens (primary N) is 1. The predicted molar refractivity (Wildman–Crippen MR) is 136 cm³/mol. The molecular weight excluding hydrogens is 461 g/mol. The zero-order valence-electron chi connectivity index (χ0n) is 20.6. The molecule has 2 atom stereocenters. The zero-order valence-corrected chi connectivity index (χ0v) is 20.6. The van der Waals surface area contributed by atoms with Gasteiger partial charge in [-0.1, -0.05) is 36.4 Å². The van der Waals surface area contributed by atoms with Gasteiger partial charge in [0.1, 0.15) is 29.9 Å². The van der Waals surface area contributed by atoms with E-state index in [1.165, 1.54) is 0 Å². The highest BCUT2D eigenvalue weighted by Gasteiger charge is 2.18. The van der Waals surface area contributed by atoms with Gasteiger partial charge in [-0.15, -0.1) is 0 Å². The van der Waals surface area contributed by atoms with Crippen LogP contribution in [-0.2, 0) is 27.3 Å². The van der Waals surface area contributed by atoms with E-state index >= 15 is 4.39 Å². The lowest BCUT2D eigenvalue weighted by Crippen LogP contribution is -2.21. The predicted octanol–water partition coefficient (Wildman–Crippen LogP) is 5.96. The van der Waals surface area contributed by atoms with E-state index in [4.69, 9.17) is 24.4 Å². The van der Waals surface area contributed by atoms with Crippen molar-refractivity contribution in [2.45, 2.75) is 39.0 Å². The monoisotopic (exact) mass is 491 g/mol. The molecular formula is C29H30FNO5. The molecule has 0 amide bonds. The van der Waals surface area contributed by atoms with Crippen LogP contribution in [0.15, 0.2) is 71.3 Å². The molecule has 0 saturated carbocycles. The normalized spacial score (nSPS) is 12.9. The van der Waals surface area contributed by atoms with E-state index in [0.717, 1.165) is 10.9 Å². The first-order chi connectivity index (χ1) is 17.4. The first-order valence-corrected chi connectivity index (χ1v) is 11.8. The number of carbonyl (C=O) groups is 1. The number of hydrogen-bond donors (Lipinski definition) is 1. The van der Waals surface area contributed by atoms with Gasteiger partial charge in [0.25, 0.3) is 0 Å². The summed E-state index contributed by atoms with van der Waals surface area (Å²) in [5.41, 5.74) is 9.58. The maximum atomic E-state index is 15.3. The minimum atomic E-state index is -0.441. The third-order valence-corrected chi connectivity index (χ3v) is 5.86. The smallest absolute Gasteiger partial charge is 0.310 e. The van der Waals surface area contributed by atoms with E-state index in [9.17, 15) is 4.79 Å². The summed E-state index contributed by atoms with van der Waals surface area (Å²) in [6.07, 6.45) is 1.32. The number of hydrogen-bond acceptors (Lipinski definition) is 6. The van der Waals surface area contributed by atoms with Crippen molar-refractivity contribution in [3.05, 3.63) is 89.4 Å². The Morgan fingerprint density at radius 3 is 2.64 bits per heavy atom. The highest BCUT2D eigenvalue weighted by Crippen LogP contribution is 2.35. The fraction of sp³-hybridized carbons (Fsp3) is 0.276. The molecule has 7 heteroatoms. The van der Waals surface area contributed by atoms with Gasteiger partial charge in [0.2, 0.25) is 0 Å². The van der Waals surface area contributed by atoms with E-state index < -0.39 is 6.04 Å². The Bertz CT molecular complexity index is 1350. The number of halogens is 1. The number of fused-ring (bicyclic) bond motifs is 1. The quantitative estimate of drug-likeness (QED) is 0.276. The number of methoxy groups -OCH3 is 1. The summed E-state index contributed by atoms with van der Waals surface area (Å²) in [7, 11) is 1.56. The second-order valence-electron chi connectivity index (χ2n) is 8.81. The molecule has 2 N–H and O–H groups in total. The lowest BCUT2D eigenvalue weighted by Gasteiger charge is -2.15. The van der Waals surface area contributed by atoms with Crippen molar-refractivity contribution < 1.29 is 27.8 Å². The molecule has 1 heterocycles. The molecule has 0 saturated heterocycles. The van der Waals surface area contributed by atoms with Crippen LogP contribution in [0.25, 0.3) is 22.1 Å². The summed E-state index contributed by atoms with van der Waals surface area (Å²) in [5, 5.41) is 0.834. The number of benzene rings is 3. The molecule has 1 aromatic heterocycles. The number of carbonyl (C=O) groups excluding carboxylic acids is 1. The van der Waals surface area contributed by atoms with E-state index in [1.54, 1.807) is 45.4 Å².